The standard InChI is InChI=1S/C14H19N5/c1-9(2)14-18-12(15)8-13(19-14)17-10(3)11-4-6-16-7-5-11/h4-10H,1-3H3,(H3,15,17,18,19). The molecule has 2 heterocycles. The van der Waals surface area contributed by atoms with Crippen molar-refractivity contribution < 1.29 is 0 Å². The number of pyridine rings is 1. The molecule has 0 radical (unpaired) electrons. The van der Waals surface area contributed by atoms with Crippen LogP contribution in [0.15, 0.2) is 30.6 Å². The molecule has 0 saturated carbocycles. The molecule has 1 unspecified atom stereocenters. The van der Waals surface area contributed by atoms with Crippen molar-refractivity contribution >= 4 is 11.6 Å². The molecule has 0 amide bonds. The minimum absolute atomic E-state index is 0.136. The highest BCUT2D eigenvalue weighted by molar-refractivity contribution is 5.46. The van der Waals surface area contributed by atoms with Gasteiger partial charge in [-0.25, -0.2) is 9.97 Å². The summed E-state index contributed by atoms with van der Waals surface area (Å²) in [5, 5.41) is 3.34. The van der Waals surface area contributed by atoms with Gasteiger partial charge >= 0.3 is 0 Å². The first-order chi connectivity index (χ1) is 9.06. The zero-order valence-corrected chi connectivity index (χ0v) is 11.5. The molecule has 0 fully saturated rings. The van der Waals surface area contributed by atoms with Crippen molar-refractivity contribution in [2.45, 2.75) is 32.7 Å². The van der Waals surface area contributed by atoms with E-state index in [1.165, 1.54) is 0 Å². The first-order valence-electron chi connectivity index (χ1n) is 6.37. The van der Waals surface area contributed by atoms with Crippen LogP contribution in [-0.2, 0) is 0 Å². The maximum absolute atomic E-state index is 5.81. The minimum Gasteiger partial charge on any atom is -0.384 e. The zero-order valence-electron chi connectivity index (χ0n) is 11.5. The van der Waals surface area contributed by atoms with Gasteiger partial charge in [0.2, 0.25) is 0 Å². The van der Waals surface area contributed by atoms with Crippen LogP contribution in [0, 0.1) is 0 Å². The van der Waals surface area contributed by atoms with Crippen LogP contribution in [0.2, 0.25) is 0 Å². The average Bonchev–Trinajstić information content (AvgIpc) is 2.39. The van der Waals surface area contributed by atoms with E-state index in [-0.39, 0.29) is 12.0 Å². The fourth-order valence-corrected chi connectivity index (χ4v) is 1.77. The van der Waals surface area contributed by atoms with Crippen LogP contribution in [0.1, 0.15) is 44.1 Å². The Bertz CT molecular complexity index is 539. The Morgan fingerprint density at radius 2 is 1.79 bits per heavy atom. The summed E-state index contributed by atoms with van der Waals surface area (Å²) in [5.74, 6) is 2.24. The summed E-state index contributed by atoms with van der Waals surface area (Å²) in [6.45, 7) is 6.17. The predicted octanol–water partition coefficient (Wildman–Crippen LogP) is 2.75. The van der Waals surface area contributed by atoms with Crippen molar-refractivity contribution in [3.8, 4) is 0 Å². The molecule has 2 rings (SSSR count). The number of aromatic nitrogens is 3. The Labute approximate surface area is 113 Å². The average molecular weight is 257 g/mol. The van der Waals surface area contributed by atoms with Gasteiger partial charge < -0.3 is 11.1 Å². The lowest BCUT2D eigenvalue weighted by Gasteiger charge is -2.16. The van der Waals surface area contributed by atoms with Crippen molar-refractivity contribution in [1.82, 2.24) is 15.0 Å². The number of hydrogen-bond acceptors (Lipinski definition) is 5. The van der Waals surface area contributed by atoms with Gasteiger partial charge in [-0.3, -0.25) is 4.98 Å². The number of nitrogens with two attached hydrogens (primary N) is 1. The summed E-state index contributed by atoms with van der Waals surface area (Å²) in [7, 11) is 0. The predicted molar refractivity (Wildman–Crippen MR) is 76.8 cm³/mol. The smallest absolute Gasteiger partial charge is 0.135 e. The molecule has 0 saturated heterocycles. The van der Waals surface area contributed by atoms with Crippen molar-refractivity contribution in [3.63, 3.8) is 0 Å². The molecular formula is C14H19N5. The molecule has 2 aromatic heterocycles. The third-order valence-electron chi connectivity index (χ3n) is 2.85. The molecule has 0 spiro atoms. The van der Waals surface area contributed by atoms with Gasteiger partial charge in [0, 0.05) is 24.4 Å². The SMILES string of the molecule is CC(C)c1nc(N)cc(NC(C)c2ccncc2)n1. The van der Waals surface area contributed by atoms with E-state index in [4.69, 9.17) is 5.73 Å². The van der Waals surface area contributed by atoms with Crippen LogP contribution >= 0.6 is 0 Å². The van der Waals surface area contributed by atoms with E-state index in [1.54, 1.807) is 18.5 Å². The molecule has 19 heavy (non-hydrogen) atoms. The van der Waals surface area contributed by atoms with E-state index in [2.05, 4.69) is 27.2 Å². The maximum atomic E-state index is 5.81. The number of nitrogens with one attached hydrogen (secondary N) is 1. The number of rotatable bonds is 4. The second-order valence-corrected chi connectivity index (χ2v) is 4.84. The second kappa shape index (κ2) is 5.65. The molecule has 5 nitrogen and oxygen atoms in total. The first kappa shape index (κ1) is 13.3. The van der Waals surface area contributed by atoms with Gasteiger partial charge in [0.15, 0.2) is 0 Å². The van der Waals surface area contributed by atoms with Gasteiger partial charge in [0.1, 0.15) is 17.5 Å². The Kier molecular flexibility index (Phi) is 3.94. The molecule has 0 aliphatic rings. The van der Waals surface area contributed by atoms with Crippen molar-refractivity contribution in [2.75, 3.05) is 11.1 Å². The van der Waals surface area contributed by atoms with E-state index in [0.717, 1.165) is 17.2 Å². The highest BCUT2D eigenvalue weighted by Crippen LogP contribution is 2.20. The first-order valence-corrected chi connectivity index (χ1v) is 6.37. The Morgan fingerprint density at radius 3 is 2.42 bits per heavy atom. The molecule has 0 bridgehead atoms. The van der Waals surface area contributed by atoms with E-state index in [0.29, 0.717) is 5.82 Å². The van der Waals surface area contributed by atoms with Crippen LogP contribution < -0.4 is 11.1 Å². The lowest BCUT2D eigenvalue weighted by atomic mass is 10.1. The van der Waals surface area contributed by atoms with Gasteiger partial charge in [-0.05, 0) is 24.6 Å². The van der Waals surface area contributed by atoms with E-state index < -0.39 is 0 Å². The molecular weight excluding hydrogens is 238 g/mol. The number of nitrogen functional groups attached to an aromatic ring is 1. The fraction of sp³-hybridized carbons (Fsp3) is 0.357. The molecule has 2 aromatic rings. The molecule has 5 heteroatoms. The lowest BCUT2D eigenvalue weighted by molar-refractivity contribution is 0.771. The van der Waals surface area contributed by atoms with E-state index in [1.807, 2.05) is 26.0 Å². The van der Waals surface area contributed by atoms with Gasteiger partial charge in [0.25, 0.3) is 0 Å². The van der Waals surface area contributed by atoms with Crippen LogP contribution in [-0.4, -0.2) is 15.0 Å². The topological polar surface area (TPSA) is 76.7 Å². The van der Waals surface area contributed by atoms with Crippen LogP contribution in [0.4, 0.5) is 11.6 Å². The quantitative estimate of drug-likeness (QED) is 0.880. The highest BCUT2D eigenvalue weighted by Gasteiger charge is 2.09. The molecule has 1 atom stereocenters. The van der Waals surface area contributed by atoms with Crippen molar-refractivity contribution in [3.05, 3.63) is 42.0 Å². The second-order valence-electron chi connectivity index (χ2n) is 4.84. The minimum atomic E-state index is 0.136. The molecule has 0 aromatic carbocycles. The van der Waals surface area contributed by atoms with E-state index in [9.17, 15) is 0 Å². The molecule has 3 N–H and O–H groups in total. The van der Waals surface area contributed by atoms with Crippen molar-refractivity contribution in [1.29, 1.82) is 0 Å². The van der Waals surface area contributed by atoms with Gasteiger partial charge in [-0.15, -0.1) is 0 Å². The summed E-state index contributed by atoms with van der Waals surface area (Å²) >= 11 is 0. The zero-order chi connectivity index (χ0) is 13.8. The summed E-state index contributed by atoms with van der Waals surface area (Å²) < 4.78 is 0. The Morgan fingerprint density at radius 1 is 1.11 bits per heavy atom. The third kappa shape index (κ3) is 3.40. The number of hydrogen-bond donors (Lipinski definition) is 2. The number of anilines is 2. The largest absolute Gasteiger partial charge is 0.384 e. The van der Waals surface area contributed by atoms with Gasteiger partial charge in [0.05, 0.1) is 6.04 Å². The molecule has 0 aliphatic carbocycles. The summed E-state index contributed by atoms with van der Waals surface area (Å²) in [6, 6.07) is 5.85. The monoisotopic (exact) mass is 257 g/mol. The van der Waals surface area contributed by atoms with Crippen LogP contribution in [0.25, 0.3) is 0 Å². The Balaban J connectivity index is 2.19. The van der Waals surface area contributed by atoms with Gasteiger partial charge in [-0.1, -0.05) is 13.8 Å². The van der Waals surface area contributed by atoms with E-state index >= 15 is 0 Å². The Hall–Kier alpha value is -2.17. The fourth-order valence-electron chi connectivity index (χ4n) is 1.77. The highest BCUT2D eigenvalue weighted by atomic mass is 15.1. The number of nitrogens with zero attached hydrogens (tertiary/aromatic N) is 3. The summed E-state index contributed by atoms with van der Waals surface area (Å²) in [6.07, 6.45) is 3.56. The third-order valence-corrected chi connectivity index (χ3v) is 2.85. The lowest BCUT2D eigenvalue weighted by Crippen LogP contribution is -2.11. The summed E-state index contributed by atoms with van der Waals surface area (Å²) in [5.41, 5.74) is 6.96. The van der Waals surface area contributed by atoms with Crippen LogP contribution in [0.5, 0.6) is 0 Å². The maximum Gasteiger partial charge on any atom is 0.135 e. The summed E-state index contributed by atoms with van der Waals surface area (Å²) in [4.78, 5) is 12.7. The van der Waals surface area contributed by atoms with Crippen molar-refractivity contribution in [2.24, 2.45) is 0 Å². The normalized spacial score (nSPS) is 12.4. The molecule has 100 valence electrons. The van der Waals surface area contributed by atoms with Gasteiger partial charge in [-0.2, -0.15) is 0 Å². The van der Waals surface area contributed by atoms with Crippen LogP contribution in [0.3, 0.4) is 0 Å². The molecule has 0 aliphatic heterocycles.